The maximum atomic E-state index is 13.7. The molecule has 0 radical (unpaired) electrons. The summed E-state index contributed by atoms with van der Waals surface area (Å²) in [4.78, 5) is 0. The van der Waals surface area contributed by atoms with Crippen LogP contribution in [0.3, 0.4) is 0 Å². The standard InChI is InChI=1S/C17H19ClF2NO3P/c1-3-23-25(22,24-4-2)17(12-9-14(19)11-15(20)10-12)21-16-7-5-13(18)6-8-16/h5-11,17,21H,3-4H2,1-2H3. The Morgan fingerprint density at radius 2 is 1.56 bits per heavy atom. The van der Waals surface area contributed by atoms with E-state index in [0.717, 1.165) is 18.2 Å². The Morgan fingerprint density at radius 3 is 2.04 bits per heavy atom. The Kier molecular flexibility index (Phi) is 6.96. The molecule has 25 heavy (non-hydrogen) atoms. The first-order chi connectivity index (χ1) is 11.9. The second-order valence-electron chi connectivity index (χ2n) is 5.13. The minimum atomic E-state index is -3.75. The molecule has 1 N–H and O–H groups in total. The average molecular weight is 390 g/mol. The lowest BCUT2D eigenvalue weighted by Crippen LogP contribution is -2.16. The lowest BCUT2D eigenvalue weighted by molar-refractivity contribution is 0.214. The van der Waals surface area contributed by atoms with Crippen LogP contribution in [0.15, 0.2) is 42.5 Å². The fraction of sp³-hybridized carbons (Fsp3) is 0.294. The van der Waals surface area contributed by atoms with Gasteiger partial charge in [-0.2, -0.15) is 0 Å². The van der Waals surface area contributed by atoms with Crippen molar-refractivity contribution in [3.8, 4) is 0 Å². The van der Waals surface area contributed by atoms with Crippen molar-refractivity contribution in [2.24, 2.45) is 0 Å². The Balaban J connectivity index is 2.49. The predicted octanol–water partition coefficient (Wildman–Crippen LogP) is 6.00. The Bertz CT molecular complexity index is 728. The molecule has 0 saturated carbocycles. The van der Waals surface area contributed by atoms with E-state index in [-0.39, 0.29) is 18.8 Å². The van der Waals surface area contributed by atoms with E-state index in [9.17, 15) is 13.3 Å². The molecular weight excluding hydrogens is 371 g/mol. The van der Waals surface area contributed by atoms with E-state index in [1.807, 2.05) is 0 Å². The molecule has 0 amide bonds. The third kappa shape index (κ3) is 5.25. The van der Waals surface area contributed by atoms with Crippen molar-refractivity contribution in [1.29, 1.82) is 0 Å². The number of rotatable bonds is 8. The van der Waals surface area contributed by atoms with Crippen LogP contribution in [0.1, 0.15) is 25.2 Å². The van der Waals surface area contributed by atoms with Gasteiger partial charge in [0.2, 0.25) is 0 Å². The maximum Gasteiger partial charge on any atom is 0.357 e. The van der Waals surface area contributed by atoms with Gasteiger partial charge in [-0.1, -0.05) is 11.6 Å². The summed E-state index contributed by atoms with van der Waals surface area (Å²) >= 11 is 5.87. The van der Waals surface area contributed by atoms with Crippen molar-refractivity contribution in [1.82, 2.24) is 0 Å². The molecule has 4 nitrogen and oxygen atoms in total. The van der Waals surface area contributed by atoms with E-state index < -0.39 is 25.0 Å². The highest BCUT2D eigenvalue weighted by Gasteiger charge is 2.37. The predicted molar refractivity (Wildman–Crippen MR) is 95.0 cm³/mol. The number of benzene rings is 2. The summed E-state index contributed by atoms with van der Waals surface area (Å²) in [7, 11) is -3.75. The molecular formula is C17H19ClF2NO3P. The monoisotopic (exact) mass is 389 g/mol. The first-order valence-corrected chi connectivity index (χ1v) is 9.74. The van der Waals surface area contributed by atoms with Crippen LogP contribution in [0.5, 0.6) is 0 Å². The highest BCUT2D eigenvalue weighted by Crippen LogP contribution is 2.60. The summed E-state index contributed by atoms with van der Waals surface area (Å²) < 4.78 is 51.3. The van der Waals surface area contributed by atoms with Crippen LogP contribution in [-0.2, 0) is 13.6 Å². The van der Waals surface area contributed by atoms with E-state index >= 15 is 0 Å². The van der Waals surface area contributed by atoms with Gasteiger partial charge in [0.25, 0.3) is 0 Å². The van der Waals surface area contributed by atoms with Gasteiger partial charge < -0.3 is 14.4 Å². The largest absolute Gasteiger partial charge is 0.368 e. The molecule has 8 heteroatoms. The fourth-order valence-corrected chi connectivity index (χ4v) is 4.37. The van der Waals surface area contributed by atoms with Crippen molar-refractivity contribution in [2.45, 2.75) is 19.6 Å². The van der Waals surface area contributed by atoms with E-state index in [1.54, 1.807) is 38.1 Å². The second-order valence-corrected chi connectivity index (χ2v) is 7.68. The molecule has 0 spiro atoms. The molecule has 0 aliphatic heterocycles. The fourth-order valence-electron chi connectivity index (χ4n) is 2.33. The van der Waals surface area contributed by atoms with E-state index in [4.69, 9.17) is 20.6 Å². The molecule has 1 unspecified atom stereocenters. The van der Waals surface area contributed by atoms with E-state index in [1.165, 1.54) is 0 Å². The molecule has 2 aromatic rings. The normalized spacial score (nSPS) is 12.8. The van der Waals surface area contributed by atoms with Gasteiger partial charge in [-0.3, -0.25) is 4.57 Å². The number of halogens is 3. The molecule has 2 rings (SSSR count). The smallest absolute Gasteiger partial charge is 0.357 e. The molecule has 0 bridgehead atoms. The lowest BCUT2D eigenvalue weighted by Gasteiger charge is -2.28. The average Bonchev–Trinajstić information content (AvgIpc) is 2.53. The summed E-state index contributed by atoms with van der Waals surface area (Å²) in [6.07, 6.45) is 0. The summed E-state index contributed by atoms with van der Waals surface area (Å²) in [6.45, 7) is 3.57. The highest BCUT2D eigenvalue weighted by molar-refractivity contribution is 7.54. The Hall–Kier alpha value is -1.46. The van der Waals surface area contributed by atoms with Crippen LogP contribution >= 0.6 is 19.2 Å². The van der Waals surface area contributed by atoms with Gasteiger partial charge in [-0.25, -0.2) is 8.78 Å². The van der Waals surface area contributed by atoms with E-state index in [0.29, 0.717) is 10.7 Å². The first-order valence-electron chi connectivity index (χ1n) is 7.75. The molecule has 0 saturated heterocycles. The quantitative estimate of drug-likeness (QED) is 0.563. The van der Waals surface area contributed by atoms with Gasteiger partial charge in [0, 0.05) is 16.8 Å². The Labute approximate surface area is 150 Å². The number of anilines is 1. The first kappa shape index (κ1) is 19.9. The zero-order valence-electron chi connectivity index (χ0n) is 13.8. The summed E-state index contributed by atoms with van der Waals surface area (Å²) in [5, 5.41) is 3.51. The number of hydrogen-bond donors (Lipinski definition) is 1. The Morgan fingerprint density at radius 1 is 1.04 bits per heavy atom. The molecule has 0 aliphatic rings. The van der Waals surface area contributed by atoms with Crippen molar-refractivity contribution in [3.05, 3.63) is 64.7 Å². The zero-order chi connectivity index (χ0) is 18.4. The summed E-state index contributed by atoms with van der Waals surface area (Å²) in [5.74, 6) is -2.64. The van der Waals surface area contributed by atoms with Crippen LogP contribution in [0.25, 0.3) is 0 Å². The molecule has 2 aromatic carbocycles. The van der Waals surface area contributed by atoms with Crippen LogP contribution in [0, 0.1) is 11.6 Å². The summed E-state index contributed by atoms with van der Waals surface area (Å²) in [6, 6.07) is 9.54. The molecule has 0 fully saturated rings. The second kappa shape index (κ2) is 8.77. The SMILES string of the molecule is CCOP(=O)(OCC)C(Nc1ccc(Cl)cc1)c1cc(F)cc(F)c1. The minimum Gasteiger partial charge on any atom is -0.368 e. The lowest BCUT2D eigenvalue weighted by atomic mass is 10.2. The van der Waals surface area contributed by atoms with Crippen molar-refractivity contribution in [2.75, 3.05) is 18.5 Å². The molecule has 0 aliphatic carbocycles. The molecule has 1 atom stereocenters. The maximum absolute atomic E-state index is 13.7. The van der Waals surface area contributed by atoms with Crippen molar-refractivity contribution >= 4 is 24.9 Å². The van der Waals surface area contributed by atoms with Crippen LogP contribution in [0.4, 0.5) is 14.5 Å². The van der Waals surface area contributed by atoms with Gasteiger partial charge in [0.05, 0.1) is 13.2 Å². The topological polar surface area (TPSA) is 47.6 Å². The van der Waals surface area contributed by atoms with Crippen LogP contribution < -0.4 is 5.32 Å². The van der Waals surface area contributed by atoms with Gasteiger partial charge in [0.1, 0.15) is 11.6 Å². The van der Waals surface area contributed by atoms with Gasteiger partial charge in [-0.05, 0) is 55.8 Å². The van der Waals surface area contributed by atoms with Crippen LogP contribution in [0.2, 0.25) is 5.02 Å². The summed E-state index contributed by atoms with van der Waals surface area (Å²) in [5.41, 5.74) is 0.677. The van der Waals surface area contributed by atoms with Gasteiger partial charge >= 0.3 is 7.60 Å². The van der Waals surface area contributed by atoms with Gasteiger partial charge in [-0.15, -0.1) is 0 Å². The third-order valence-corrected chi connectivity index (χ3v) is 5.83. The van der Waals surface area contributed by atoms with Crippen molar-refractivity contribution < 1.29 is 22.4 Å². The van der Waals surface area contributed by atoms with Gasteiger partial charge in [0.15, 0.2) is 5.78 Å². The number of nitrogens with one attached hydrogen (secondary N) is 1. The highest BCUT2D eigenvalue weighted by atomic mass is 35.5. The van der Waals surface area contributed by atoms with E-state index in [2.05, 4.69) is 5.32 Å². The molecule has 0 heterocycles. The third-order valence-electron chi connectivity index (χ3n) is 3.28. The molecule has 136 valence electrons. The van der Waals surface area contributed by atoms with Crippen molar-refractivity contribution in [3.63, 3.8) is 0 Å². The molecule has 0 aromatic heterocycles. The zero-order valence-corrected chi connectivity index (χ0v) is 15.5. The van der Waals surface area contributed by atoms with Crippen LogP contribution in [-0.4, -0.2) is 13.2 Å². The minimum absolute atomic E-state index is 0.119. The number of hydrogen-bond acceptors (Lipinski definition) is 4.